The number of hydrogen-bond donors (Lipinski definition) is 1. The van der Waals surface area contributed by atoms with E-state index in [4.69, 9.17) is 0 Å². The molecule has 4 heteroatoms. The van der Waals surface area contributed by atoms with E-state index in [0.717, 1.165) is 29.7 Å². The molecule has 2 aromatic carbocycles. The summed E-state index contributed by atoms with van der Waals surface area (Å²) in [7, 11) is 0. The minimum Gasteiger partial charge on any atom is -0.354 e. The zero-order chi connectivity index (χ0) is 17.7. The maximum absolute atomic E-state index is 13.4. The molecule has 4 nitrogen and oxygen atoms in total. The summed E-state index contributed by atoms with van der Waals surface area (Å²) in [5.74, 6) is 0.363. The van der Waals surface area contributed by atoms with Crippen molar-refractivity contribution >= 4 is 21.8 Å². The van der Waals surface area contributed by atoms with E-state index in [2.05, 4.69) is 4.98 Å². The number of nitrogens with one attached hydrogen (secondary N) is 1. The number of pyridine rings is 2. The number of para-hydroxylation sites is 2. The second-order valence-electron chi connectivity index (χ2n) is 6.96. The molecule has 0 aliphatic heterocycles. The predicted molar refractivity (Wildman–Crippen MR) is 104 cm³/mol. The molecule has 1 aliphatic carbocycles. The van der Waals surface area contributed by atoms with E-state index < -0.39 is 0 Å². The van der Waals surface area contributed by atoms with Crippen molar-refractivity contribution in [3.63, 3.8) is 0 Å². The molecule has 26 heavy (non-hydrogen) atoms. The molecule has 1 aliphatic rings. The van der Waals surface area contributed by atoms with Crippen molar-refractivity contribution in [3.05, 3.63) is 86.9 Å². The molecule has 0 bridgehead atoms. The quantitative estimate of drug-likeness (QED) is 0.558. The molecular formula is C22H18N2O2. The number of fused-ring (bicyclic) bond motifs is 2. The molecular weight excluding hydrogens is 324 g/mol. The van der Waals surface area contributed by atoms with Crippen LogP contribution in [0.4, 0.5) is 0 Å². The minimum absolute atomic E-state index is 0.204. The summed E-state index contributed by atoms with van der Waals surface area (Å²) in [6.07, 6.45) is 3.34. The Hall–Kier alpha value is -3.14. The largest absolute Gasteiger partial charge is 0.354 e. The van der Waals surface area contributed by atoms with Crippen LogP contribution in [-0.4, -0.2) is 9.55 Å². The van der Waals surface area contributed by atoms with Crippen LogP contribution in [0.25, 0.3) is 27.5 Å². The summed E-state index contributed by atoms with van der Waals surface area (Å²) in [5.41, 5.74) is 2.76. The van der Waals surface area contributed by atoms with Gasteiger partial charge in [0.1, 0.15) is 5.39 Å². The number of aromatic nitrogens is 2. The van der Waals surface area contributed by atoms with E-state index in [0.29, 0.717) is 16.8 Å². The molecule has 0 spiro atoms. The molecule has 1 saturated carbocycles. The Morgan fingerprint density at radius 3 is 2.35 bits per heavy atom. The normalized spacial score (nSPS) is 14.6. The van der Waals surface area contributed by atoms with Gasteiger partial charge in [0, 0.05) is 22.3 Å². The fourth-order valence-electron chi connectivity index (χ4n) is 3.86. The Morgan fingerprint density at radius 1 is 0.885 bits per heavy atom. The number of aromatic amines is 1. The van der Waals surface area contributed by atoms with Gasteiger partial charge in [-0.1, -0.05) is 36.8 Å². The number of H-pyrrole nitrogens is 1. The number of benzene rings is 2. The first-order valence-electron chi connectivity index (χ1n) is 9.00. The van der Waals surface area contributed by atoms with Crippen molar-refractivity contribution in [1.82, 2.24) is 9.55 Å². The number of hydrogen-bond acceptors (Lipinski definition) is 2. The standard InChI is InChI=1S/C22H18N2O2/c25-21-16-11-4-5-12-17(16)23-18-13-19(14-7-6-8-14)24(22(26)20(18)21)15-9-2-1-3-10-15/h1-5,9-14H,6-8H2,(H,23,25). The van der Waals surface area contributed by atoms with Crippen LogP contribution >= 0.6 is 0 Å². The summed E-state index contributed by atoms with van der Waals surface area (Å²) >= 11 is 0. The Kier molecular flexibility index (Phi) is 3.32. The zero-order valence-corrected chi connectivity index (χ0v) is 14.2. The molecule has 0 unspecified atom stereocenters. The topological polar surface area (TPSA) is 54.9 Å². The molecule has 2 aromatic heterocycles. The monoisotopic (exact) mass is 342 g/mol. The molecule has 0 radical (unpaired) electrons. The van der Waals surface area contributed by atoms with E-state index in [1.165, 1.54) is 6.42 Å². The smallest absolute Gasteiger partial charge is 0.268 e. The summed E-state index contributed by atoms with van der Waals surface area (Å²) < 4.78 is 1.73. The summed E-state index contributed by atoms with van der Waals surface area (Å²) in [5, 5.41) is 0.781. The SMILES string of the molecule is O=c1c2ccccc2[nH]c2cc(C3CCC3)n(-c3ccccc3)c(=O)c12. The van der Waals surface area contributed by atoms with E-state index in [1.807, 2.05) is 54.6 Å². The first kappa shape index (κ1) is 15.1. The third kappa shape index (κ3) is 2.15. The van der Waals surface area contributed by atoms with Gasteiger partial charge in [0.2, 0.25) is 5.43 Å². The zero-order valence-electron chi connectivity index (χ0n) is 14.2. The molecule has 0 amide bonds. The Bertz CT molecular complexity index is 1250. The second-order valence-corrected chi connectivity index (χ2v) is 6.96. The maximum Gasteiger partial charge on any atom is 0.268 e. The first-order chi connectivity index (χ1) is 12.7. The lowest BCUT2D eigenvalue weighted by Crippen LogP contribution is -2.29. The molecule has 2 heterocycles. The van der Waals surface area contributed by atoms with Gasteiger partial charge in [-0.25, -0.2) is 0 Å². The van der Waals surface area contributed by atoms with Crippen molar-refractivity contribution in [2.45, 2.75) is 25.2 Å². The number of nitrogens with zero attached hydrogens (tertiary/aromatic N) is 1. The molecule has 4 aromatic rings. The van der Waals surface area contributed by atoms with Gasteiger partial charge >= 0.3 is 0 Å². The minimum atomic E-state index is -0.234. The fourth-order valence-corrected chi connectivity index (χ4v) is 3.86. The van der Waals surface area contributed by atoms with Gasteiger partial charge in [-0.05, 0) is 49.1 Å². The summed E-state index contributed by atoms with van der Waals surface area (Å²) in [4.78, 5) is 29.7. The van der Waals surface area contributed by atoms with Crippen LogP contribution in [0.2, 0.25) is 0 Å². The van der Waals surface area contributed by atoms with E-state index in [-0.39, 0.29) is 16.4 Å². The average molecular weight is 342 g/mol. The number of rotatable bonds is 2. The van der Waals surface area contributed by atoms with Crippen LogP contribution < -0.4 is 11.0 Å². The summed E-state index contributed by atoms with van der Waals surface area (Å²) in [6.45, 7) is 0. The van der Waals surface area contributed by atoms with E-state index in [1.54, 1.807) is 10.6 Å². The van der Waals surface area contributed by atoms with Gasteiger partial charge in [-0.3, -0.25) is 14.2 Å². The van der Waals surface area contributed by atoms with Gasteiger partial charge in [0.05, 0.1) is 5.52 Å². The van der Waals surface area contributed by atoms with Crippen molar-refractivity contribution < 1.29 is 0 Å². The van der Waals surface area contributed by atoms with Crippen LogP contribution in [0.3, 0.4) is 0 Å². The fraction of sp³-hybridized carbons (Fsp3) is 0.182. The lowest BCUT2D eigenvalue weighted by molar-refractivity contribution is 0.404. The van der Waals surface area contributed by atoms with Crippen molar-refractivity contribution in [3.8, 4) is 5.69 Å². The van der Waals surface area contributed by atoms with Crippen LogP contribution in [0.15, 0.2) is 70.3 Å². The average Bonchev–Trinajstić information content (AvgIpc) is 2.61. The van der Waals surface area contributed by atoms with Crippen LogP contribution in [0.5, 0.6) is 0 Å². The third-order valence-corrected chi connectivity index (χ3v) is 5.44. The van der Waals surface area contributed by atoms with Crippen LogP contribution in [0.1, 0.15) is 30.9 Å². The molecule has 128 valence electrons. The second kappa shape index (κ2) is 5.70. The molecule has 1 N–H and O–H groups in total. The summed E-state index contributed by atoms with van der Waals surface area (Å²) in [6, 6.07) is 19.0. The Labute approximate surface area is 149 Å². The third-order valence-electron chi connectivity index (χ3n) is 5.44. The highest BCUT2D eigenvalue weighted by molar-refractivity contribution is 5.92. The Morgan fingerprint density at radius 2 is 1.62 bits per heavy atom. The van der Waals surface area contributed by atoms with Gasteiger partial charge in [0.25, 0.3) is 5.56 Å². The predicted octanol–water partition coefficient (Wildman–Crippen LogP) is 4.10. The highest BCUT2D eigenvalue weighted by Gasteiger charge is 2.25. The maximum atomic E-state index is 13.4. The van der Waals surface area contributed by atoms with Gasteiger partial charge in [-0.15, -0.1) is 0 Å². The van der Waals surface area contributed by atoms with Crippen molar-refractivity contribution in [1.29, 1.82) is 0 Å². The van der Waals surface area contributed by atoms with Crippen molar-refractivity contribution in [2.24, 2.45) is 0 Å². The van der Waals surface area contributed by atoms with Crippen LogP contribution in [0, 0.1) is 0 Å². The van der Waals surface area contributed by atoms with Gasteiger partial charge < -0.3 is 4.98 Å². The molecule has 5 rings (SSSR count). The molecule has 1 fully saturated rings. The van der Waals surface area contributed by atoms with E-state index >= 15 is 0 Å². The molecule has 0 atom stereocenters. The highest BCUT2D eigenvalue weighted by atomic mass is 16.1. The van der Waals surface area contributed by atoms with Gasteiger partial charge in [-0.2, -0.15) is 0 Å². The van der Waals surface area contributed by atoms with E-state index in [9.17, 15) is 9.59 Å². The Balaban J connectivity index is 1.94. The van der Waals surface area contributed by atoms with Crippen molar-refractivity contribution in [2.75, 3.05) is 0 Å². The lowest BCUT2D eigenvalue weighted by Gasteiger charge is -2.29. The lowest BCUT2D eigenvalue weighted by atomic mass is 9.82. The first-order valence-corrected chi connectivity index (χ1v) is 9.00. The highest BCUT2D eigenvalue weighted by Crippen LogP contribution is 2.37. The van der Waals surface area contributed by atoms with Crippen LogP contribution in [-0.2, 0) is 0 Å². The van der Waals surface area contributed by atoms with Gasteiger partial charge in [0.15, 0.2) is 0 Å². The molecule has 0 saturated heterocycles.